The van der Waals surface area contributed by atoms with Crippen LogP contribution in [0, 0.1) is 0 Å². The molecular formula is C16H27N3O. The van der Waals surface area contributed by atoms with Gasteiger partial charge in [0.1, 0.15) is 0 Å². The molecule has 0 fully saturated rings. The van der Waals surface area contributed by atoms with Gasteiger partial charge in [-0.1, -0.05) is 26.0 Å². The van der Waals surface area contributed by atoms with Crippen molar-refractivity contribution in [2.45, 2.75) is 39.7 Å². The molecule has 0 heterocycles. The van der Waals surface area contributed by atoms with Crippen LogP contribution in [0.4, 0.5) is 5.69 Å². The second kappa shape index (κ2) is 9.50. The summed E-state index contributed by atoms with van der Waals surface area (Å²) in [5.74, 6) is 0.0757. The predicted octanol–water partition coefficient (Wildman–Crippen LogP) is 2.60. The van der Waals surface area contributed by atoms with Crippen LogP contribution in [-0.2, 0) is 11.3 Å². The van der Waals surface area contributed by atoms with Gasteiger partial charge in [0.2, 0.25) is 5.91 Å². The topological polar surface area (TPSA) is 58.4 Å². The molecule has 4 nitrogen and oxygen atoms in total. The van der Waals surface area contributed by atoms with Crippen molar-refractivity contribution in [3.63, 3.8) is 0 Å². The first-order valence-electron chi connectivity index (χ1n) is 7.50. The largest absolute Gasteiger partial charge is 0.326 e. The van der Waals surface area contributed by atoms with Gasteiger partial charge in [-0.05, 0) is 50.2 Å². The van der Waals surface area contributed by atoms with Crippen molar-refractivity contribution in [3.8, 4) is 0 Å². The molecule has 1 amide bonds. The Morgan fingerprint density at radius 3 is 2.75 bits per heavy atom. The molecule has 1 aromatic rings. The Morgan fingerprint density at radius 2 is 2.10 bits per heavy atom. The number of benzene rings is 1. The van der Waals surface area contributed by atoms with E-state index >= 15 is 0 Å². The standard InChI is InChI=1S/C16H27N3O/c1-3-10-19(4-2)11-6-9-16(20)18-15-8-5-7-14(12-15)13-17/h5,7-8,12H,3-4,6,9-11,13,17H2,1-2H3,(H,18,20). The Kier molecular flexibility index (Phi) is 7.92. The lowest BCUT2D eigenvalue weighted by atomic mass is 10.2. The van der Waals surface area contributed by atoms with Crippen LogP contribution >= 0.6 is 0 Å². The van der Waals surface area contributed by atoms with Crippen LogP contribution in [-0.4, -0.2) is 30.4 Å². The van der Waals surface area contributed by atoms with Crippen molar-refractivity contribution >= 4 is 11.6 Å². The van der Waals surface area contributed by atoms with Crippen molar-refractivity contribution in [2.24, 2.45) is 5.73 Å². The molecule has 0 aliphatic rings. The number of nitrogens with one attached hydrogen (secondary N) is 1. The molecule has 0 unspecified atom stereocenters. The quantitative estimate of drug-likeness (QED) is 0.729. The van der Waals surface area contributed by atoms with Gasteiger partial charge in [0.25, 0.3) is 0 Å². The number of anilines is 1. The van der Waals surface area contributed by atoms with E-state index in [9.17, 15) is 4.79 Å². The summed E-state index contributed by atoms with van der Waals surface area (Å²) in [6.07, 6.45) is 2.62. The van der Waals surface area contributed by atoms with Gasteiger partial charge in [-0.15, -0.1) is 0 Å². The zero-order valence-electron chi connectivity index (χ0n) is 12.7. The number of carbonyl (C=O) groups excluding carboxylic acids is 1. The highest BCUT2D eigenvalue weighted by atomic mass is 16.1. The van der Waals surface area contributed by atoms with Gasteiger partial charge in [0.05, 0.1) is 0 Å². The lowest BCUT2D eigenvalue weighted by Gasteiger charge is -2.19. The van der Waals surface area contributed by atoms with Gasteiger partial charge < -0.3 is 16.0 Å². The fraction of sp³-hybridized carbons (Fsp3) is 0.562. The average Bonchev–Trinajstić information content (AvgIpc) is 2.46. The molecule has 0 spiro atoms. The number of nitrogens with two attached hydrogens (primary N) is 1. The number of carbonyl (C=O) groups is 1. The number of rotatable bonds is 9. The van der Waals surface area contributed by atoms with Gasteiger partial charge in [0.15, 0.2) is 0 Å². The Labute approximate surface area is 122 Å². The first-order chi connectivity index (χ1) is 9.69. The van der Waals surface area contributed by atoms with Crippen molar-refractivity contribution < 1.29 is 4.79 Å². The SMILES string of the molecule is CCCN(CC)CCCC(=O)Nc1cccc(CN)c1. The second-order valence-corrected chi connectivity index (χ2v) is 4.99. The zero-order chi connectivity index (χ0) is 14.8. The molecule has 1 rings (SSSR count). The van der Waals surface area contributed by atoms with Gasteiger partial charge >= 0.3 is 0 Å². The minimum Gasteiger partial charge on any atom is -0.326 e. The molecule has 112 valence electrons. The van der Waals surface area contributed by atoms with Crippen LogP contribution in [0.5, 0.6) is 0 Å². The van der Waals surface area contributed by atoms with Gasteiger partial charge in [-0.25, -0.2) is 0 Å². The van der Waals surface area contributed by atoms with E-state index in [0.717, 1.165) is 43.7 Å². The average molecular weight is 277 g/mol. The van der Waals surface area contributed by atoms with E-state index in [1.807, 2.05) is 24.3 Å². The number of hydrogen-bond acceptors (Lipinski definition) is 3. The molecule has 0 aliphatic heterocycles. The monoisotopic (exact) mass is 277 g/mol. The van der Waals surface area contributed by atoms with Crippen LogP contribution in [0.15, 0.2) is 24.3 Å². The molecule has 0 radical (unpaired) electrons. The lowest BCUT2D eigenvalue weighted by molar-refractivity contribution is -0.116. The third-order valence-electron chi connectivity index (χ3n) is 3.31. The summed E-state index contributed by atoms with van der Waals surface area (Å²) >= 11 is 0. The second-order valence-electron chi connectivity index (χ2n) is 4.99. The van der Waals surface area contributed by atoms with E-state index in [1.165, 1.54) is 0 Å². The number of amides is 1. The molecule has 1 aromatic carbocycles. The fourth-order valence-electron chi connectivity index (χ4n) is 2.21. The van der Waals surface area contributed by atoms with Crippen molar-refractivity contribution in [1.82, 2.24) is 4.90 Å². The lowest BCUT2D eigenvalue weighted by Crippen LogP contribution is -2.26. The predicted molar refractivity (Wildman–Crippen MR) is 84.6 cm³/mol. The highest BCUT2D eigenvalue weighted by molar-refractivity contribution is 5.90. The van der Waals surface area contributed by atoms with Gasteiger partial charge in [-0.3, -0.25) is 4.79 Å². The molecule has 0 saturated carbocycles. The molecule has 0 aromatic heterocycles. The highest BCUT2D eigenvalue weighted by Gasteiger charge is 2.05. The molecule has 3 N–H and O–H groups in total. The Hall–Kier alpha value is -1.39. The maximum atomic E-state index is 11.9. The summed E-state index contributed by atoms with van der Waals surface area (Å²) in [6, 6.07) is 7.69. The van der Waals surface area contributed by atoms with E-state index in [1.54, 1.807) is 0 Å². The Balaban J connectivity index is 2.32. The van der Waals surface area contributed by atoms with E-state index in [-0.39, 0.29) is 5.91 Å². The molecule has 0 atom stereocenters. The van der Waals surface area contributed by atoms with Crippen molar-refractivity contribution in [3.05, 3.63) is 29.8 Å². The fourth-order valence-corrected chi connectivity index (χ4v) is 2.21. The summed E-state index contributed by atoms with van der Waals surface area (Å²) in [4.78, 5) is 14.3. The zero-order valence-corrected chi connectivity index (χ0v) is 12.7. The van der Waals surface area contributed by atoms with Crippen LogP contribution in [0.25, 0.3) is 0 Å². The summed E-state index contributed by atoms with van der Waals surface area (Å²) < 4.78 is 0. The number of hydrogen-bond donors (Lipinski definition) is 2. The Morgan fingerprint density at radius 1 is 1.30 bits per heavy atom. The maximum Gasteiger partial charge on any atom is 0.224 e. The Bertz CT molecular complexity index is 406. The highest BCUT2D eigenvalue weighted by Crippen LogP contribution is 2.10. The smallest absolute Gasteiger partial charge is 0.224 e. The summed E-state index contributed by atoms with van der Waals surface area (Å²) in [5, 5.41) is 2.93. The van der Waals surface area contributed by atoms with E-state index in [2.05, 4.69) is 24.1 Å². The number of nitrogens with zero attached hydrogens (tertiary/aromatic N) is 1. The first kappa shape index (κ1) is 16.7. The minimum atomic E-state index is 0.0757. The molecule has 0 bridgehead atoms. The van der Waals surface area contributed by atoms with Crippen LogP contribution < -0.4 is 11.1 Å². The summed E-state index contributed by atoms with van der Waals surface area (Å²) in [7, 11) is 0. The summed E-state index contributed by atoms with van der Waals surface area (Å²) in [5.41, 5.74) is 7.45. The van der Waals surface area contributed by atoms with Gasteiger partial charge in [-0.2, -0.15) is 0 Å². The third kappa shape index (κ3) is 6.17. The van der Waals surface area contributed by atoms with Crippen LogP contribution in [0.2, 0.25) is 0 Å². The van der Waals surface area contributed by atoms with Crippen LogP contribution in [0.1, 0.15) is 38.7 Å². The molecule has 4 heteroatoms. The molecule has 0 aliphatic carbocycles. The van der Waals surface area contributed by atoms with E-state index in [4.69, 9.17) is 5.73 Å². The first-order valence-corrected chi connectivity index (χ1v) is 7.50. The molecule has 20 heavy (non-hydrogen) atoms. The normalized spacial score (nSPS) is 10.8. The van der Waals surface area contributed by atoms with Crippen molar-refractivity contribution in [1.29, 1.82) is 0 Å². The molecular weight excluding hydrogens is 250 g/mol. The van der Waals surface area contributed by atoms with E-state index in [0.29, 0.717) is 13.0 Å². The summed E-state index contributed by atoms with van der Waals surface area (Å²) in [6.45, 7) is 7.98. The van der Waals surface area contributed by atoms with Crippen LogP contribution in [0.3, 0.4) is 0 Å². The maximum absolute atomic E-state index is 11.9. The third-order valence-corrected chi connectivity index (χ3v) is 3.31. The molecule has 0 saturated heterocycles. The van der Waals surface area contributed by atoms with Gasteiger partial charge in [0, 0.05) is 18.7 Å². The minimum absolute atomic E-state index is 0.0757. The van der Waals surface area contributed by atoms with E-state index < -0.39 is 0 Å². The van der Waals surface area contributed by atoms with Crippen molar-refractivity contribution in [2.75, 3.05) is 25.0 Å².